The molecule has 0 saturated heterocycles. The number of alkyl halides is 3. The number of halogens is 3. The molecule has 41 heavy (non-hydrogen) atoms. The molecule has 5 rings (SSSR count). The van der Waals surface area contributed by atoms with Crippen LogP contribution < -0.4 is 16.0 Å². The van der Waals surface area contributed by atoms with Gasteiger partial charge in [0, 0.05) is 41.6 Å². The SMILES string of the molecule is Cc1cncc(CNc2cc(-n3ccnc3Nc3cc(NC(=O)c4cccc(C(F)(F)F)c4)ccc3C)ncn2)n1. The second-order valence-corrected chi connectivity index (χ2v) is 9.08. The molecule has 3 aromatic heterocycles. The van der Waals surface area contributed by atoms with Crippen molar-refractivity contribution < 1.29 is 18.0 Å². The molecule has 0 radical (unpaired) electrons. The molecule has 10 nitrogen and oxygen atoms in total. The van der Waals surface area contributed by atoms with Gasteiger partial charge >= 0.3 is 6.18 Å². The summed E-state index contributed by atoms with van der Waals surface area (Å²) in [6.45, 7) is 4.17. The van der Waals surface area contributed by atoms with Crippen LogP contribution in [-0.2, 0) is 12.7 Å². The summed E-state index contributed by atoms with van der Waals surface area (Å²) in [6.07, 6.45) is 3.58. The monoisotopic (exact) mass is 559 g/mol. The number of aromatic nitrogens is 6. The molecule has 0 bridgehead atoms. The number of rotatable bonds is 8. The number of benzene rings is 2. The van der Waals surface area contributed by atoms with Crippen molar-refractivity contribution in [2.24, 2.45) is 0 Å². The Morgan fingerprint density at radius 1 is 1.00 bits per heavy atom. The zero-order valence-electron chi connectivity index (χ0n) is 21.9. The van der Waals surface area contributed by atoms with Gasteiger partial charge in [0.1, 0.15) is 18.0 Å². The van der Waals surface area contributed by atoms with E-state index < -0.39 is 17.6 Å². The van der Waals surface area contributed by atoms with Gasteiger partial charge in [0.2, 0.25) is 5.95 Å². The van der Waals surface area contributed by atoms with Crippen molar-refractivity contribution in [2.45, 2.75) is 26.6 Å². The molecule has 0 aliphatic carbocycles. The number of carbonyl (C=O) groups excluding carboxylic acids is 1. The van der Waals surface area contributed by atoms with E-state index in [0.29, 0.717) is 35.5 Å². The van der Waals surface area contributed by atoms with Crippen LogP contribution in [0, 0.1) is 13.8 Å². The molecule has 2 aromatic carbocycles. The summed E-state index contributed by atoms with van der Waals surface area (Å²) in [6, 6.07) is 11.1. The van der Waals surface area contributed by atoms with Crippen molar-refractivity contribution in [3.63, 3.8) is 0 Å². The van der Waals surface area contributed by atoms with Crippen molar-refractivity contribution in [1.82, 2.24) is 29.5 Å². The molecule has 3 N–H and O–H groups in total. The minimum atomic E-state index is -4.55. The Morgan fingerprint density at radius 3 is 2.66 bits per heavy atom. The summed E-state index contributed by atoms with van der Waals surface area (Å²) in [5.74, 6) is 0.909. The zero-order chi connectivity index (χ0) is 29.0. The molecular weight excluding hydrogens is 535 g/mol. The van der Waals surface area contributed by atoms with Crippen molar-refractivity contribution in [1.29, 1.82) is 0 Å². The number of amides is 1. The van der Waals surface area contributed by atoms with Crippen LogP contribution in [0.2, 0.25) is 0 Å². The normalized spacial score (nSPS) is 11.2. The van der Waals surface area contributed by atoms with Gasteiger partial charge in [0.25, 0.3) is 5.91 Å². The fraction of sp³-hybridized carbons (Fsp3) is 0.143. The van der Waals surface area contributed by atoms with E-state index in [2.05, 4.69) is 40.9 Å². The van der Waals surface area contributed by atoms with Crippen LogP contribution in [0.1, 0.15) is 32.9 Å². The van der Waals surface area contributed by atoms with Gasteiger partial charge in [-0.05, 0) is 49.7 Å². The van der Waals surface area contributed by atoms with E-state index in [1.54, 1.807) is 53.6 Å². The van der Waals surface area contributed by atoms with Crippen LogP contribution in [0.5, 0.6) is 0 Å². The van der Waals surface area contributed by atoms with E-state index in [9.17, 15) is 18.0 Å². The number of carbonyl (C=O) groups is 1. The number of anilines is 4. The average Bonchev–Trinajstić information content (AvgIpc) is 3.42. The Hall–Kier alpha value is -5.33. The third-order valence-corrected chi connectivity index (χ3v) is 5.99. The average molecular weight is 560 g/mol. The maximum absolute atomic E-state index is 13.1. The van der Waals surface area contributed by atoms with Gasteiger partial charge in [-0.15, -0.1) is 0 Å². The molecule has 3 heterocycles. The number of nitrogens with one attached hydrogen (secondary N) is 3. The lowest BCUT2D eigenvalue weighted by molar-refractivity contribution is -0.137. The summed E-state index contributed by atoms with van der Waals surface area (Å²) < 4.78 is 40.9. The first-order valence-corrected chi connectivity index (χ1v) is 12.4. The predicted molar refractivity (Wildman–Crippen MR) is 147 cm³/mol. The predicted octanol–water partition coefficient (Wildman–Crippen LogP) is 5.70. The number of nitrogens with zero attached hydrogens (tertiary/aromatic N) is 6. The van der Waals surface area contributed by atoms with E-state index in [1.165, 1.54) is 18.5 Å². The Kier molecular flexibility index (Phi) is 7.59. The minimum Gasteiger partial charge on any atom is -0.364 e. The summed E-state index contributed by atoms with van der Waals surface area (Å²) >= 11 is 0. The van der Waals surface area contributed by atoms with Gasteiger partial charge < -0.3 is 16.0 Å². The highest BCUT2D eigenvalue weighted by Gasteiger charge is 2.30. The highest BCUT2D eigenvalue weighted by Crippen LogP contribution is 2.30. The van der Waals surface area contributed by atoms with Crippen LogP contribution in [0.15, 0.2) is 79.6 Å². The molecule has 0 spiro atoms. The molecule has 0 fully saturated rings. The largest absolute Gasteiger partial charge is 0.416 e. The summed E-state index contributed by atoms with van der Waals surface area (Å²) in [7, 11) is 0. The number of hydrogen-bond donors (Lipinski definition) is 3. The Bertz CT molecular complexity index is 1700. The highest BCUT2D eigenvalue weighted by molar-refractivity contribution is 6.04. The summed E-state index contributed by atoms with van der Waals surface area (Å²) in [5, 5.41) is 9.10. The number of aryl methyl sites for hydroxylation is 2. The van der Waals surface area contributed by atoms with E-state index in [4.69, 9.17) is 0 Å². The fourth-order valence-electron chi connectivity index (χ4n) is 3.93. The smallest absolute Gasteiger partial charge is 0.364 e. The van der Waals surface area contributed by atoms with Gasteiger partial charge in [0.05, 0.1) is 29.7 Å². The topological polar surface area (TPSA) is 123 Å². The lowest BCUT2D eigenvalue weighted by atomic mass is 10.1. The molecule has 13 heteroatoms. The van der Waals surface area contributed by atoms with E-state index >= 15 is 0 Å². The van der Waals surface area contributed by atoms with Crippen molar-refractivity contribution in [3.8, 4) is 5.82 Å². The molecule has 0 saturated carbocycles. The first kappa shape index (κ1) is 27.2. The van der Waals surface area contributed by atoms with Gasteiger partial charge in [0.15, 0.2) is 0 Å². The minimum absolute atomic E-state index is 0.104. The number of hydrogen-bond acceptors (Lipinski definition) is 8. The van der Waals surface area contributed by atoms with E-state index in [0.717, 1.165) is 29.1 Å². The molecule has 5 aromatic rings. The molecule has 0 unspecified atom stereocenters. The molecule has 208 valence electrons. The first-order chi connectivity index (χ1) is 19.7. The van der Waals surface area contributed by atoms with Gasteiger partial charge in [-0.25, -0.2) is 15.0 Å². The quantitative estimate of drug-likeness (QED) is 0.221. The lowest BCUT2D eigenvalue weighted by Gasteiger charge is -2.14. The second-order valence-electron chi connectivity index (χ2n) is 9.08. The van der Waals surface area contributed by atoms with Crippen molar-refractivity contribution in [3.05, 3.63) is 108 Å². The summed E-state index contributed by atoms with van der Waals surface area (Å²) in [5.41, 5.74) is 2.46. The Labute approximate surface area is 232 Å². The maximum Gasteiger partial charge on any atom is 0.416 e. The van der Waals surface area contributed by atoms with Crippen LogP contribution in [0.25, 0.3) is 5.82 Å². The maximum atomic E-state index is 13.1. The van der Waals surface area contributed by atoms with Crippen LogP contribution in [-0.4, -0.2) is 35.4 Å². The number of imidazole rings is 1. The zero-order valence-corrected chi connectivity index (χ0v) is 21.9. The van der Waals surface area contributed by atoms with Crippen LogP contribution in [0.4, 0.5) is 36.3 Å². The molecule has 0 aliphatic heterocycles. The van der Waals surface area contributed by atoms with Crippen molar-refractivity contribution in [2.75, 3.05) is 16.0 Å². The first-order valence-electron chi connectivity index (χ1n) is 12.4. The molecule has 0 atom stereocenters. The Balaban J connectivity index is 1.32. The highest BCUT2D eigenvalue weighted by atomic mass is 19.4. The van der Waals surface area contributed by atoms with Gasteiger partial charge in [-0.2, -0.15) is 13.2 Å². The third-order valence-electron chi connectivity index (χ3n) is 5.99. The molecule has 0 aliphatic rings. The fourth-order valence-corrected chi connectivity index (χ4v) is 3.93. The van der Waals surface area contributed by atoms with E-state index in [-0.39, 0.29) is 5.56 Å². The summed E-state index contributed by atoms with van der Waals surface area (Å²) in [4.78, 5) is 34.3. The van der Waals surface area contributed by atoms with E-state index in [1.807, 2.05) is 13.8 Å². The van der Waals surface area contributed by atoms with Gasteiger partial charge in [-0.3, -0.25) is 19.3 Å². The Morgan fingerprint density at radius 2 is 1.85 bits per heavy atom. The van der Waals surface area contributed by atoms with Crippen molar-refractivity contribution >= 4 is 29.0 Å². The van der Waals surface area contributed by atoms with Crippen LogP contribution >= 0.6 is 0 Å². The molecule has 1 amide bonds. The lowest BCUT2D eigenvalue weighted by Crippen LogP contribution is -2.14. The standard InChI is InChI=1S/C28H24F3N9O/c1-17-6-7-21(38-26(41)19-4-3-5-20(10-19)28(29,30)31)11-23(17)39-27-33-8-9-40(27)25-12-24(35-16-36-25)34-15-22-14-32-13-18(2)37-22/h3-14,16H,15H2,1-2H3,(H,33,39)(H,38,41)(H,34,35,36). The second kappa shape index (κ2) is 11.4. The van der Waals surface area contributed by atoms with Gasteiger partial charge in [-0.1, -0.05) is 12.1 Å². The van der Waals surface area contributed by atoms with Crippen LogP contribution in [0.3, 0.4) is 0 Å². The molecular formula is C28H24F3N9O. The third kappa shape index (κ3) is 6.64.